The molecule has 7 heavy (non-hydrogen) atoms. The van der Waals surface area contributed by atoms with Gasteiger partial charge in [0.1, 0.15) is 0 Å². The van der Waals surface area contributed by atoms with Gasteiger partial charge in [-0.1, -0.05) is 0 Å². The number of hydrogen-bond donors (Lipinski definition) is 0. The van der Waals surface area contributed by atoms with Gasteiger partial charge in [0.15, 0.2) is 0 Å². The fourth-order valence-electron chi connectivity index (χ4n) is 0. The molecule has 2 radical (unpaired) electrons. The molecule has 0 aromatic rings. The molecule has 0 aromatic carbocycles. The molecule has 0 aromatic heterocycles. The van der Waals surface area contributed by atoms with Gasteiger partial charge in [-0.25, -0.2) is 0 Å². The quantitative estimate of drug-likeness (QED) is 0.306. The van der Waals surface area contributed by atoms with Gasteiger partial charge >= 0.3 is 49.3 Å². The summed E-state index contributed by atoms with van der Waals surface area (Å²) in [6.45, 7) is 0. The minimum Gasteiger partial charge on any atom is -1.00 e. The first-order chi connectivity index (χ1) is 0. The van der Waals surface area contributed by atoms with Crippen molar-refractivity contribution in [2.75, 3.05) is 0 Å². The van der Waals surface area contributed by atoms with E-state index < -0.39 is 0 Å². The normalized spacial score (nSPS) is 0. The molecule has 7 heteroatoms. The third-order valence-corrected chi connectivity index (χ3v) is 0. The SMILES string of the molecule is [Bi+3].[F-].[F-].[F-].[F-].[F-].[Mg+2]. The van der Waals surface area contributed by atoms with E-state index in [1.54, 1.807) is 0 Å². The van der Waals surface area contributed by atoms with Crippen LogP contribution in [0.2, 0.25) is 0 Å². The van der Waals surface area contributed by atoms with Crippen molar-refractivity contribution in [2.24, 2.45) is 0 Å². The summed E-state index contributed by atoms with van der Waals surface area (Å²) < 4.78 is 0. The van der Waals surface area contributed by atoms with Crippen molar-refractivity contribution in [3.05, 3.63) is 0 Å². The first kappa shape index (κ1) is 262. The van der Waals surface area contributed by atoms with Gasteiger partial charge < -0.3 is 23.5 Å². The topological polar surface area (TPSA) is 0 Å². The molecule has 0 heterocycles. The van der Waals surface area contributed by atoms with Crippen LogP contribution in [0.5, 0.6) is 0 Å². The molecule has 0 saturated carbocycles. The maximum Gasteiger partial charge on any atom is 3.00 e. The minimum absolute atomic E-state index is 0. The van der Waals surface area contributed by atoms with Crippen LogP contribution in [0, 0.1) is 0 Å². The van der Waals surface area contributed by atoms with Crippen LogP contribution in [0.4, 0.5) is 0 Å². The fraction of sp³-hybridized carbons (Fsp3) is 0. The van der Waals surface area contributed by atoms with Crippen molar-refractivity contribution in [3.63, 3.8) is 0 Å². The molecule has 0 saturated heterocycles. The second-order valence-corrected chi connectivity index (χ2v) is 0. The molecule has 0 unspecified atom stereocenters. The largest absolute Gasteiger partial charge is 3.00 e. The van der Waals surface area contributed by atoms with Gasteiger partial charge in [-0.15, -0.1) is 0 Å². The Hall–Kier alpha value is 1.30. The monoisotopic (exact) mass is 328 g/mol. The van der Waals surface area contributed by atoms with Gasteiger partial charge in [-0.2, -0.15) is 0 Å². The van der Waals surface area contributed by atoms with E-state index in [0.717, 1.165) is 0 Å². The van der Waals surface area contributed by atoms with Gasteiger partial charge in [0.2, 0.25) is 0 Å². The van der Waals surface area contributed by atoms with Gasteiger partial charge in [0.25, 0.3) is 0 Å². The zero-order chi connectivity index (χ0) is 0. The predicted octanol–water partition coefficient (Wildman–Crippen LogP) is -15.7. The van der Waals surface area contributed by atoms with Crippen LogP contribution < -0.4 is 23.5 Å². The summed E-state index contributed by atoms with van der Waals surface area (Å²) in [7, 11) is 0. The average molecular weight is 328 g/mol. The Morgan fingerprint density at radius 1 is 0.429 bits per heavy atom. The molecular formula is BiF5Mg. The van der Waals surface area contributed by atoms with Gasteiger partial charge in [-0.3, -0.25) is 0 Å². The Morgan fingerprint density at radius 3 is 0.429 bits per heavy atom. The van der Waals surface area contributed by atoms with E-state index in [9.17, 15) is 0 Å². The fourth-order valence-corrected chi connectivity index (χ4v) is 0. The van der Waals surface area contributed by atoms with Gasteiger partial charge in [-0.05, 0) is 0 Å². The third kappa shape index (κ3) is 121. The van der Waals surface area contributed by atoms with E-state index in [0.29, 0.717) is 0 Å². The molecule has 0 atom stereocenters. The van der Waals surface area contributed by atoms with Crippen LogP contribution in [0.1, 0.15) is 0 Å². The van der Waals surface area contributed by atoms with Gasteiger partial charge in [0, 0.05) is 0 Å². The standard InChI is InChI=1S/Bi.5FH.Mg/h;5*1H;/q+3;;;;;;+2/p-5. The third-order valence-electron chi connectivity index (χ3n) is 0. The minimum atomic E-state index is 0. The van der Waals surface area contributed by atoms with Crippen LogP contribution in [0.3, 0.4) is 0 Å². The molecule has 0 aliphatic heterocycles. The van der Waals surface area contributed by atoms with E-state index in [-0.39, 0.29) is 72.8 Å². The van der Waals surface area contributed by atoms with Crippen molar-refractivity contribution >= 4 is 49.3 Å². The molecule has 0 N–H and O–H groups in total. The van der Waals surface area contributed by atoms with E-state index in [4.69, 9.17) is 0 Å². The van der Waals surface area contributed by atoms with Crippen LogP contribution >= 0.6 is 0 Å². The van der Waals surface area contributed by atoms with E-state index >= 15 is 0 Å². The smallest absolute Gasteiger partial charge is 1.00 e. The zero-order valence-corrected chi connectivity index (χ0v) is 7.94. The molecule has 0 bridgehead atoms. The summed E-state index contributed by atoms with van der Waals surface area (Å²) in [5.41, 5.74) is 0. The average Bonchev–Trinajstić information content (AvgIpc) is 0. The second kappa shape index (κ2) is 172. The molecule has 0 rings (SSSR count). The summed E-state index contributed by atoms with van der Waals surface area (Å²) in [4.78, 5) is 0. The van der Waals surface area contributed by atoms with Crippen LogP contribution in [0.25, 0.3) is 0 Å². The predicted molar refractivity (Wildman–Crippen MR) is 11.5 cm³/mol. The summed E-state index contributed by atoms with van der Waals surface area (Å²) in [5.74, 6) is 0. The first-order valence-corrected chi connectivity index (χ1v) is 0. The van der Waals surface area contributed by atoms with E-state index in [1.165, 1.54) is 0 Å². The Kier molecular flexibility index (Phi) is 6420. The Bertz CT molecular complexity index is 8.04. The second-order valence-electron chi connectivity index (χ2n) is 0. The first-order valence-electron chi connectivity index (χ1n) is 0. The summed E-state index contributed by atoms with van der Waals surface area (Å²) >= 11 is 0. The van der Waals surface area contributed by atoms with Crippen LogP contribution in [-0.4, -0.2) is 49.3 Å². The van der Waals surface area contributed by atoms with E-state index in [2.05, 4.69) is 0 Å². The maximum atomic E-state index is 0. The molecule has 0 aliphatic carbocycles. The molecule has 0 aliphatic rings. The van der Waals surface area contributed by atoms with Crippen LogP contribution in [-0.2, 0) is 0 Å². The van der Waals surface area contributed by atoms with Gasteiger partial charge in [0.05, 0.1) is 0 Å². The number of halogens is 5. The molecule has 0 nitrogen and oxygen atoms in total. The summed E-state index contributed by atoms with van der Waals surface area (Å²) in [6, 6.07) is 0. The number of rotatable bonds is 0. The maximum absolute atomic E-state index is 0. The van der Waals surface area contributed by atoms with Crippen molar-refractivity contribution < 1.29 is 23.5 Å². The Balaban J connectivity index is 0. The summed E-state index contributed by atoms with van der Waals surface area (Å²) in [5, 5.41) is 0. The Labute approximate surface area is 72.5 Å². The molecule has 0 fully saturated rings. The zero-order valence-electron chi connectivity index (χ0n) is 3.04. The molecule has 0 spiro atoms. The Morgan fingerprint density at radius 2 is 0.429 bits per heavy atom. The molecule has 0 amide bonds. The van der Waals surface area contributed by atoms with Crippen molar-refractivity contribution in [1.29, 1.82) is 0 Å². The molecular weight excluding hydrogens is 328 g/mol. The van der Waals surface area contributed by atoms with Crippen LogP contribution in [0.15, 0.2) is 0 Å². The van der Waals surface area contributed by atoms with Crippen molar-refractivity contribution in [1.82, 2.24) is 0 Å². The van der Waals surface area contributed by atoms with Crippen molar-refractivity contribution in [2.45, 2.75) is 0 Å². The number of hydrogen-bond acceptors (Lipinski definition) is 0. The summed E-state index contributed by atoms with van der Waals surface area (Å²) in [6.07, 6.45) is 0. The molecule has 42 valence electrons. The van der Waals surface area contributed by atoms with E-state index in [1.807, 2.05) is 0 Å². The van der Waals surface area contributed by atoms with Crippen molar-refractivity contribution in [3.8, 4) is 0 Å².